The van der Waals surface area contributed by atoms with Gasteiger partial charge in [-0.25, -0.2) is 0 Å². The molecule has 2 aromatic heterocycles. The van der Waals surface area contributed by atoms with Gasteiger partial charge in [0, 0.05) is 12.7 Å². The quantitative estimate of drug-likeness (QED) is 0.738. The lowest BCUT2D eigenvalue weighted by Gasteiger charge is -2.17. The van der Waals surface area contributed by atoms with Crippen molar-refractivity contribution in [3.8, 4) is 5.88 Å². The van der Waals surface area contributed by atoms with Crippen LogP contribution in [0.15, 0.2) is 23.1 Å². The number of hydrogen-bond donors (Lipinski definition) is 2. The van der Waals surface area contributed by atoms with Gasteiger partial charge < -0.3 is 15.3 Å². The third-order valence-corrected chi connectivity index (χ3v) is 4.05. The van der Waals surface area contributed by atoms with Crippen LogP contribution in [0.25, 0.3) is 5.65 Å². The van der Waals surface area contributed by atoms with Gasteiger partial charge in [-0.15, -0.1) is 0 Å². The van der Waals surface area contributed by atoms with E-state index in [2.05, 4.69) is 29.0 Å². The molecule has 0 aliphatic heterocycles. The van der Waals surface area contributed by atoms with Crippen LogP contribution in [0.1, 0.15) is 30.6 Å². The minimum Gasteiger partial charge on any atom is -0.493 e. The van der Waals surface area contributed by atoms with Gasteiger partial charge in [-0.2, -0.15) is 4.98 Å². The molecule has 0 aliphatic carbocycles. The maximum atomic E-state index is 12.4. The molecule has 0 spiro atoms. The first-order valence-electron chi connectivity index (χ1n) is 7.89. The first-order chi connectivity index (χ1) is 11.5. The second kappa shape index (κ2) is 8.12. The topological polar surface area (TPSA) is 86.9 Å². The molecule has 0 radical (unpaired) electrons. The van der Waals surface area contributed by atoms with Gasteiger partial charge in [-0.3, -0.25) is 14.0 Å². The Morgan fingerprint density at radius 2 is 2.08 bits per heavy atom. The number of hydrogen-bond acceptors (Lipinski definition) is 5. The highest BCUT2D eigenvalue weighted by Gasteiger charge is 2.19. The summed E-state index contributed by atoms with van der Waals surface area (Å²) in [5.74, 6) is -1.22. The van der Waals surface area contributed by atoms with Crippen LogP contribution in [0.3, 0.4) is 0 Å². The molecule has 0 saturated heterocycles. The number of rotatable bonds is 7. The molecule has 0 aromatic carbocycles. The molecular weight excluding hydrogens is 332 g/mol. The zero-order valence-corrected chi connectivity index (χ0v) is 14.5. The fourth-order valence-electron chi connectivity index (χ4n) is 2.43. The molecule has 7 nitrogen and oxygen atoms in total. The molecule has 8 heteroatoms. The summed E-state index contributed by atoms with van der Waals surface area (Å²) >= 11 is 5.87. The van der Waals surface area contributed by atoms with Crippen molar-refractivity contribution in [2.75, 3.05) is 26.2 Å². The summed E-state index contributed by atoms with van der Waals surface area (Å²) < 4.78 is 1.15. The summed E-state index contributed by atoms with van der Waals surface area (Å²) in [5.41, 5.74) is -0.807. The van der Waals surface area contributed by atoms with E-state index >= 15 is 0 Å². The van der Waals surface area contributed by atoms with E-state index in [1.165, 1.54) is 12.3 Å². The van der Waals surface area contributed by atoms with Crippen LogP contribution in [0.4, 0.5) is 0 Å². The molecule has 1 amide bonds. The van der Waals surface area contributed by atoms with Gasteiger partial charge in [-0.1, -0.05) is 25.4 Å². The number of pyridine rings is 1. The van der Waals surface area contributed by atoms with Gasteiger partial charge in [0.1, 0.15) is 5.65 Å². The number of aromatic hydroxyl groups is 1. The highest BCUT2D eigenvalue weighted by Crippen LogP contribution is 2.14. The van der Waals surface area contributed by atoms with Crippen molar-refractivity contribution in [3.63, 3.8) is 0 Å². The highest BCUT2D eigenvalue weighted by molar-refractivity contribution is 6.30. The minimum atomic E-state index is -0.652. The number of carbonyl (C=O) groups is 1. The zero-order chi connectivity index (χ0) is 17.7. The number of nitrogens with one attached hydrogen (secondary N) is 1. The summed E-state index contributed by atoms with van der Waals surface area (Å²) in [6, 6.07) is 3.05. The zero-order valence-electron chi connectivity index (χ0n) is 13.8. The van der Waals surface area contributed by atoms with Gasteiger partial charge in [0.15, 0.2) is 5.56 Å². The molecule has 2 rings (SSSR count). The number of halogens is 1. The second-order valence-electron chi connectivity index (χ2n) is 5.33. The van der Waals surface area contributed by atoms with Gasteiger partial charge in [0.05, 0.1) is 5.02 Å². The minimum absolute atomic E-state index is 0.222. The summed E-state index contributed by atoms with van der Waals surface area (Å²) in [6.45, 7) is 7.31. The first-order valence-corrected chi connectivity index (χ1v) is 8.27. The second-order valence-corrected chi connectivity index (χ2v) is 5.76. The van der Waals surface area contributed by atoms with Crippen molar-refractivity contribution in [3.05, 3.63) is 39.3 Å². The van der Waals surface area contributed by atoms with E-state index in [0.29, 0.717) is 11.6 Å². The Morgan fingerprint density at radius 1 is 1.38 bits per heavy atom. The molecule has 24 heavy (non-hydrogen) atoms. The van der Waals surface area contributed by atoms with E-state index in [9.17, 15) is 14.7 Å². The molecular formula is C16H21ClN4O3. The Labute approximate surface area is 144 Å². The highest BCUT2D eigenvalue weighted by atomic mass is 35.5. The van der Waals surface area contributed by atoms with Crippen molar-refractivity contribution in [2.45, 2.75) is 20.3 Å². The van der Waals surface area contributed by atoms with Crippen LogP contribution in [0.2, 0.25) is 5.02 Å². The normalized spacial score (nSPS) is 11.2. The molecule has 130 valence electrons. The Kier molecular flexibility index (Phi) is 6.16. The predicted molar refractivity (Wildman–Crippen MR) is 92.9 cm³/mol. The predicted octanol–water partition coefficient (Wildman–Crippen LogP) is 1.52. The monoisotopic (exact) mass is 352 g/mol. The molecule has 0 unspecified atom stereocenters. The maximum Gasteiger partial charge on any atom is 0.274 e. The molecule has 0 atom stereocenters. The van der Waals surface area contributed by atoms with Crippen LogP contribution in [-0.2, 0) is 0 Å². The number of amides is 1. The molecule has 2 heterocycles. The maximum absolute atomic E-state index is 12.4. The smallest absolute Gasteiger partial charge is 0.274 e. The van der Waals surface area contributed by atoms with Crippen LogP contribution >= 0.6 is 11.6 Å². The van der Waals surface area contributed by atoms with Crippen molar-refractivity contribution in [1.82, 2.24) is 19.6 Å². The SMILES string of the molecule is CCN(CC)CCCNC(=O)c1c(O)nc2ccc(Cl)cn2c1=O. The number of nitrogens with zero attached hydrogens (tertiary/aromatic N) is 3. The molecule has 0 fully saturated rings. The summed E-state index contributed by atoms with van der Waals surface area (Å²) in [4.78, 5) is 30.7. The average Bonchev–Trinajstić information content (AvgIpc) is 2.56. The molecule has 0 aliphatic rings. The van der Waals surface area contributed by atoms with Gasteiger partial charge in [0.2, 0.25) is 5.88 Å². The Hall–Kier alpha value is -2.12. The average molecular weight is 353 g/mol. The summed E-state index contributed by atoms with van der Waals surface area (Å²) in [6.07, 6.45) is 2.12. The fourth-order valence-corrected chi connectivity index (χ4v) is 2.59. The van der Waals surface area contributed by atoms with Crippen LogP contribution < -0.4 is 10.9 Å². The molecule has 0 saturated carbocycles. The number of carbonyl (C=O) groups excluding carboxylic acids is 1. The van der Waals surface area contributed by atoms with Crippen molar-refractivity contribution in [1.29, 1.82) is 0 Å². The first kappa shape index (κ1) is 18.2. The fraction of sp³-hybridized carbons (Fsp3) is 0.438. The molecule has 2 N–H and O–H groups in total. The lowest BCUT2D eigenvalue weighted by Crippen LogP contribution is -2.34. The molecule has 2 aromatic rings. The van der Waals surface area contributed by atoms with Crippen molar-refractivity contribution in [2.24, 2.45) is 0 Å². The summed E-state index contributed by atoms with van der Waals surface area (Å²) in [7, 11) is 0. The van der Waals surface area contributed by atoms with Crippen LogP contribution in [0, 0.1) is 0 Å². The van der Waals surface area contributed by atoms with Gasteiger partial charge in [-0.05, 0) is 38.2 Å². The molecule has 0 bridgehead atoms. The third kappa shape index (κ3) is 4.04. The lowest BCUT2D eigenvalue weighted by molar-refractivity contribution is 0.0946. The van der Waals surface area contributed by atoms with Crippen molar-refractivity contribution < 1.29 is 9.90 Å². The lowest BCUT2D eigenvalue weighted by atomic mass is 10.2. The van der Waals surface area contributed by atoms with E-state index in [1.54, 1.807) is 6.07 Å². The summed E-state index contributed by atoms with van der Waals surface area (Å²) in [5, 5.41) is 12.9. The Bertz CT molecular complexity index is 787. The van der Waals surface area contributed by atoms with E-state index in [1.807, 2.05) is 0 Å². The van der Waals surface area contributed by atoms with E-state index in [4.69, 9.17) is 11.6 Å². The van der Waals surface area contributed by atoms with Gasteiger partial charge in [0.25, 0.3) is 11.5 Å². The Morgan fingerprint density at radius 3 is 2.75 bits per heavy atom. The largest absolute Gasteiger partial charge is 0.493 e. The van der Waals surface area contributed by atoms with Crippen LogP contribution in [0.5, 0.6) is 5.88 Å². The number of aromatic nitrogens is 2. The van der Waals surface area contributed by atoms with Gasteiger partial charge >= 0.3 is 0 Å². The van der Waals surface area contributed by atoms with Crippen molar-refractivity contribution >= 4 is 23.2 Å². The van der Waals surface area contributed by atoms with E-state index in [0.717, 1.165) is 30.5 Å². The van der Waals surface area contributed by atoms with E-state index < -0.39 is 17.3 Å². The Balaban J connectivity index is 2.13. The third-order valence-electron chi connectivity index (χ3n) is 3.83. The number of fused-ring (bicyclic) bond motifs is 1. The van der Waals surface area contributed by atoms with E-state index in [-0.39, 0.29) is 11.2 Å². The van der Waals surface area contributed by atoms with Crippen LogP contribution in [-0.4, -0.2) is 51.5 Å². The standard InChI is InChI=1S/C16H21ClN4O3/c1-3-20(4-2)9-5-8-18-14(22)13-15(23)19-12-7-6-11(17)10-21(12)16(13)24/h6-7,10,23H,3-5,8-9H2,1-2H3,(H,18,22).